The number of carbonyl (C=O) groups excluding carboxylic acids is 1. The lowest BCUT2D eigenvalue weighted by Gasteiger charge is -2.25. The van der Waals surface area contributed by atoms with Gasteiger partial charge in [0.25, 0.3) is 0 Å². The third-order valence-electron chi connectivity index (χ3n) is 8.56. The largest absolute Gasteiger partial charge is 0.296 e. The van der Waals surface area contributed by atoms with Crippen LogP contribution in [0.1, 0.15) is 87.4 Å². The summed E-state index contributed by atoms with van der Waals surface area (Å²) in [4.78, 5) is 19.3. The van der Waals surface area contributed by atoms with Gasteiger partial charge in [-0.15, -0.1) is 0 Å². The molecule has 2 saturated heterocycles. The number of Topliss-reactive ketones (excluding diaryl/α,β-unsaturated/α-hetero) is 1. The van der Waals surface area contributed by atoms with Crippen LogP contribution in [0.4, 0.5) is 0 Å². The van der Waals surface area contributed by atoms with E-state index < -0.39 is 0 Å². The van der Waals surface area contributed by atoms with Crippen molar-refractivity contribution >= 4 is 5.78 Å². The highest BCUT2D eigenvalue weighted by Crippen LogP contribution is 2.55. The van der Waals surface area contributed by atoms with Gasteiger partial charge >= 0.3 is 0 Å². The number of hydrogen-bond donors (Lipinski definition) is 0. The number of nitrogens with zero attached hydrogens (tertiary/aromatic N) is 2. The summed E-state index contributed by atoms with van der Waals surface area (Å²) in [6, 6.07) is 23.5. The van der Waals surface area contributed by atoms with E-state index in [-0.39, 0.29) is 24.2 Å². The van der Waals surface area contributed by atoms with Crippen molar-refractivity contribution in [1.29, 1.82) is 0 Å². The molecule has 168 valence electrons. The highest BCUT2D eigenvalue weighted by molar-refractivity contribution is 5.96. The van der Waals surface area contributed by atoms with Crippen LogP contribution in [-0.2, 0) is 4.79 Å². The molecule has 3 nitrogen and oxygen atoms in total. The zero-order chi connectivity index (χ0) is 21.5. The fraction of sp³-hybridized carbons (Fsp3) is 0.552. The molecule has 0 bridgehead atoms. The Hall–Kier alpha value is -1.97. The maximum absolute atomic E-state index is 14.2. The molecule has 4 fully saturated rings. The van der Waals surface area contributed by atoms with Crippen LogP contribution in [0, 0.1) is 0 Å². The summed E-state index contributed by atoms with van der Waals surface area (Å²) in [7, 11) is 0. The number of rotatable bonds is 6. The van der Waals surface area contributed by atoms with E-state index in [1.54, 1.807) is 0 Å². The Balaban J connectivity index is 1.28. The third-order valence-corrected chi connectivity index (χ3v) is 8.56. The molecular formula is C29H36N2O. The smallest absolute Gasteiger partial charge is 0.170 e. The number of carbonyl (C=O) groups is 1. The summed E-state index contributed by atoms with van der Waals surface area (Å²) in [5.74, 6) is 0.490. The zero-order valence-corrected chi connectivity index (χ0v) is 19.1. The van der Waals surface area contributed by atoms with E-state index >= 15 is 0 Å². The monoisotopic (exact) mass is 428 g/mol. The van der Waals surface area contributed by atoms with Crippen LogP contribution in [0.25, 0.3) is 0 Å². The Kier molecular flexibility index (Phi) is 5.64. The average Bonchev–Trinajstić information content (AvgIpc) is 3.79. The van der Waals surface area contributed by atoms with Gasteiger partial charge in [-0.25, -0.2) is 0 Å². The van der Waals surface area contributed by atoms with Crippen LogP contribution in [-0.4, -0.2) is 39.8 Å². The topological polar surface area (TPSA) is 23.1 Å². The van der Waals surface area contributed by atoms with E-state index in [1.165, 1.54) is 75.3 Å². The lowest BCUT2D eigenvalue weighted by molar-refractivity contribution is -0.120. The second kappa shape index (κ2) is 8.76. The molecular weight excluding hydrogens is 392 g/mol. The van der Waals surface area contributed by atoms with E-state index in [9.17, 15) is 4.79 Å². The van der Waals surface area contributed by atoms with Crippen molar-refractivity contribution in [2.75, 3.05) is 0 Å². The second-order valence-corrected chi connectivity index (χ2v) is 10.5. The Morgan fingerprint density at radius 1 is 0.562 bits per heavy atom. The number of ketones is 1. The zero-order valence-electron chi connectivity index (χ0n) is 19.1. The van der Waals surface area contributed by atoms with Gasteiger partial charge in [0.1, 0.15) is 0 Å². The standard InChI is InChI=1S/C29H36N2O/c32-29(27-25(21-13-5-1-6-14-21)30(27)23-17-9-3-10-18-23)28-26(22-15-7-2-8-16-22)31(28)24-19-11-4-12-20-24/h1-2,5-8,13-16,23-28H,3-4,9-12,17-20H2/t25-,26+,27-,28+,30?,31?. The lowest BCUT2D eigenvalue weighted by atomic mass is 9.95. The molecule has 32 heavy (non-hydrogen) atoms. The molecule has 2 heterocycles. The summed E-state index contributed by atoms with van der Waals surface area (Å²) in [6.07, 6.45) is 13.0. The second-order valence-electron chi connectivity index (χ2n) is 10.5. The Morgan fingerprint density at radius 2 is 0.938 bits per heavy atom. The van der Waals surface area contributed by atoms with E-state index in [0.717, 1.165) is 0 Å². The van der Waals surface area contributed by atoms with Crippen molar-refractivity contribution < 1.29 is 4.79 Å². The molecule has 0 N–H and O–H groups in total. The molecule has 0 radical (unpaired) electrons. The van der Waals surface area contributed by atoms with Crippen LogP contribution in [0.5, 0.6) is 0 Å². The van der Waals surface area contributed by atoms with Gasteiger partial charge in [-0.1, -0.05) is 99.2 Å². The van der Waals surface area contributed by atoms with Gasteiger partial charge in [-0.05, 0) is 36.8 Å². The van der Waals surface area contributed by atoms with Crippen molar-refractivity contribution in [3.63, 3.8) is 0 Å². The first kappa shape index (κ1) is 20.6. The molecule has 6 atom stereocenters. The van der Waals surface area contributed by atoms with E-state index in [0.29, 0.717) is 17.9 Å². The van der Waals surface area contributed by atoms with Crippen molar-refractivity contribution in [1.82, 2.24) is 9.80 Å². The van der Waals surface area contributed by atoms with Gasteiger partial charge in [0.15, 0.2) is 5.78 Å². The molecule has 2 aliphatic carbocycles. The predicted molar refractivity (Wildman–Crippen MR) is 128 cm³/mol. The molecule has 2 unspecified atom stereocenters. The third kappa shape index (κ3) is 3.74. The highest BCUT2D eigenvalue weighted by Gasteiger charge is 2.64. The van der Waals surface area contributed by atoms with E-state index in [4.69, 9.17) is 0 Å². The first-order valence-electron chi connectivity index (χ1n) is 13.0. The minimum Gasteiger partial charge on any atom is -0.296 e. The highest BCUT2D eigenvalue weighted by atomic mass is 16.1. The van der Waals surface area contributed by atoms with Crippen LogP contribution >= 0.6 is 0 Å². The maximum atomic E-state index is 14.2. The van der Waals surface area contributed by atoms with Crippen molar-refractivity contribution in [2.45, 2.75) is 100 Å². The molecule has 3 heteroatoms. The van der Waals surface area contributed by atoms with Gasteiger partial charge in [0.2, 0.25) is 0 Å². The van der Waals surface area contributed by atoms with Gasteiger partial charge < -0.3 is 0 Å². The van der Waals surface area contributed by atoms with Gasteiger partial charge in [-0.3, -0.25) is 14.6 Å². The SMILES string of the molecule is O=C([C@@H]1[C@H](c2ccccc2)N1C1CCCCC1)[C@H]1[C@@H](c2ccccc2)N1C1CCCCC1. The first-order valence-corrected chi connectivity index (χ1v) is 13.0. The number of hydrogen-bond acceptors (Lipinski definition) is 3. The van der Waals surface area contributed by atoms with Crippen LogP contribution in [0.15, 0.2) is 60.7 Å². The first-order chi connectivity index (χ1) is 15.8. The Morgan fingerprint density at radius 3 is 1.31 bits per heavy atom. The molecule has 6 rings (SSSR count). The maximum Gasteiger partial charge on any atom is 0.170 e. The number of benzene rings is 2. The molecule has 0 aromatic heterocycles. The normalized spacial score (nSPS) is 35.4. The van der Waals surface area contributed by atoms with Crippen LogP contribution in [0.3, 0.4) is 0 Å². The Labute approximate surface area is 192 Å². The summed E-state index contributed by atoms with van der Waals surface area (Å²) >= 11 is 0. The Bertz CT molecular complexity index is 841. The van der Waals surface area contributed by atoms with Gasteiger partial charge in [0.05, 0.1) is 24.2 Å². The summed E-state index contributed by atoms with van der Waals surface area (Å²) in [6.45, 7) is 0. The fourth-order valence-electron chi connectivity index (χ4n) is 6.95. The molecule has 2 saturated carbocycles. The quantitative estimate of drug-likeness (QED) is 0.522. The minimum absolute atomic E-state index is 0.0744. The molecule has 0 amide bonds. The molecule has 0 spiro atoms. The lowest BCUT2D eigenvalue weighted by Crippen LogP contribution is -2.31. The average molecular weight is 429 g/mol. The molecule has 2 aromatic carbocycles. The molecule has 2 aliphatic heterocycles. The van der Waals surface area contributed by atoms with Crippen molar-refractivity contribution in [3.8, 4) is 0 Å². The summed E-state index contributed by atoms with van der Waals surface area (Å²) < 4.78 is 0. The minimum atomic E-state index is 0.0744. The fourth-order valence-corrected chi connectivity index (χ4v) is 6.95. The van der Waals surface area contributed by atoms with Gasteiger partial charge in [0, 0.05) is 12.1 Å². The predicted octanol–water partition coefficient (Wildman–Crippen LogP) is 6.07. The van der Waals surface area contributed by atoms with Crippen LogP contribution < -0.4 is 0 Å². The van der Waals surface area contributed by atoms with Crippen molar-refractivity contribution in [2.24, 2.45) is 0 Å². The van der Waals surface area contributed by atoms with E-state index in [1.807, 2.05) is 0 Å². The van der Waals surface area contributed by atoms with Gasteiger partial charge in [-0.2, -0.15) is 0 Å². The van der Waals surface area contributed by atoms with Crippen molar-refractivity contribution in [3.05, 3.63) is 71.8 Å². The molecule has 4 aliphatic rings. The summed E-state index contributed by atoms with van der Waals surface area (Å²) in [5, 5.41) is 0. The van der Waals surface area contributed by atoms with Crippen LogP contribution in [0.2, 0.25) is 0 Å². The van der Waals surface area contributed by atoms with E-state index in [2.05, 4.69) is 70.5 Å². The summed E-state index contributed by atoms with van der Waals surface area (Å²) in [5.41, 5.74) is 2.66. The molecule has 2 aromatic rings.